The fourth-order valence-electron chi connectivity index (χ4n) is 2.12. The van der Waals surface area contributed by atoms with Crippen LogP contribution in [0.2, 0.25) is 0 Å². The van der Waals surface area contributed by atoms with E-state index in [-0.39, 0.29) is 29.5 Å². The van der Waals surface area contributed by atoms with Gasteiger partial charge < -0.3 is 9.47 Å². The number of rotatable bonds is 7. The fraction of sp³-hybridized carbons (Fsp3) is 0.235. The summed E-state index contributed by atoms with van der Waals surface area (Å²) in [6, 6.07) is 6.56. The molecule has 0 saturated heterocycles. The van der Waals surface area contributed by atoms with E-state index in [4.69, 9.17) is 9.47 Å². The summed E-state index contributed by atoms with van der Waals surface area (Å²) < 4.78 is 64.5. The van der Waals surface area contributed by atoms with Crippen LogP contribution in [0.25, 0.3) is 0 Å². The molecule has 10 heteroatoms. The number of carbonyl (C=O) groups excluding carboxylic acids is 1. The Labute approximate surface area is 155 Å². The van der Waals surface area contributed by atoms with Gasteiger partial charge >= 0.3 is 6.09 Å². The van der Waals surface area contributed by atoms with Crippen molar-refractivity contribution in [2.45, 2.75) is 18.7 Å². The monoisotopic (exact) mass is 400 g/mol. The minimum absolute atomic E-state index is 0.0344. The predicted octanol–water partition coefficient (Wildman–Crippen LogP) is 3.73. The third-order valence-electron chi connectivity index (χ3n) is 3.27. The standard InChI is InChI=1S/C17H18F2N2O5S/c1-3-25-15-9-8-11(10-14(15)20-17(22)26-4-2)27(23,24)21-16-12(18)6-5-7-13(16)19/h5-10,21H,3-4H2,1-2H3,(H,20,22). The number of hydrogen-bond acceptors (Lipinski definition) is 5. The van der Waals surface area contributed by atoms with Crippen LogP contribution in [-0.2, 0) is 14.8 Å². The van der Waals surface area contributed by atoms with Gasteiger partial charge in [0.05, 0.1) is 23.8 Å². The van der Waals surface area contributed by atoms with Crippen LogP contribution >= 0.6 is 0 Å². The molecule has 146 valence electrons. The Morgan fingerprint density at radius 1 is 1.07 bits per heavy atom. The number of sulfonamides is 1. The lowest BCUT2D eigenvalue weighted by molar-refractivity contribution is 0.167. The number of hydrogen-bond donors (Lipinski definition) is 2. The van der Waals surface area contributed by atoms with Crippen LogP contribution in [0.3, 0.4) is 0 Å². The maximum Gasteiger partial charge on any atom is 0.411 e. The molecule has 0 aliphatic rings. The third kappa shape index (κ3) is 5.07. The van der Waals surface area contributed by atoms with Gasteiger partial charge in [0.2, 0.25) is 0 Å². The molecule has 0 aliphatic heterocycles. The quantitative estimate of drug-likeness (QED) is 0.739. The zero-order chi connectivity index (χ0) is 20.0. The van der Waals surface area contributed by atoms with Gasteiger partial charge in [0.1, 0.15) is 23.1 Å². The fourth-order valence-corrected chi connectivity index (χ4v) is 3.22. The highest BCUT2D eigenvalue weighted by molar-refractivity contribution is 7.92. The first-order valence-corrected chi connectivity index (χ1v) is 9.44. The number of benzene rings is 2. The highest BCUT2D eigenvalue weighted by Crippen LogP contribution is 2.30. The molecule has 2 rings (SSSR count). The Bertz CT molecular complexity index is 915. The summed E-state index contributed by atoms with van der Waals surface area (Å²) in [6.45, 7) is 3.70. The molecule has 0 aromatic heterocycles. The first-order chi connectivity index (χ1) is 12.8. The summed E-state index contributed by atoms with van der Waals surface area (Å²) >= 11 is 0. The lowest BCUT2D eigenvalue weighted by Crippen LogP contribution is -2.17. The minimum atomic E-state index is -4.34. The van der Waals surface area contributed by atoms with Crippen molar-refractivity contribution in [2.75, 3.05) is 23.3 Å². The average molecular weight is 400 g/mol. The molecular weight excluding hydrogens is 382 g/mol. The van der Waals surface area contributed by atoms with Crippen molar-refractivity contribution in [3.8, 4) is 5.75 Å². The molecule has 2 aromatic carbocycles. The molecule has 27 heavy (non-hydrogen) atoms. The number of ether oxygens (including phenoxy) is 2. The van der Waals surface area contributed by atoms with Gasteiger partial charge in [0.15, 0.2) is 0 Å². The largest absolute Gasteiger partial charge is 0.492 e. The van der Waals surface area contributed by atoms with E-state index in [0.29, 0.717) is 0 Å². The first kappa shape index (κ1) is 20.4. The number of para-hydroxylation sites is 1. The van der Waals surface area contributed by atoms with Crippen LogP contribution in [0, 0.1) is 11.6 Å². The number of halogens is 2. The molecular formula is C17H18F2N2O5S. The highest BCUT2D eigenvalue weighted by atomic mass is 32.2. The van der Waals surface area contributed by atoms with E-state index in [1.807, 2.05) is 4.72 Å². The summed E-state index contributed by atoms with van der Waals surface area (Å²) in [5, 5.41) is 2.37. The number of amides is 1. The Balaban J connectivity index is 2.40. The molecule has 0 bridgehead atoms. The maximum absolute atomic E-state index is 13.7. The summed E-state index contributed by atoms with van der Waals surface area (Å²) in [4.78, 5) is 11.3. The topological polar surface area (TPSA) is 93.7 Å². The van der Waals surface area contributed by atoms with Crippen molar-refractivity contribution in [3.63, 3.8) is 0 Å². The van der Waals surface area contributed by atoms with Gasteiger partial charge in [-0.2, -0.15) is 0 Å². The first-order valence-electron chi connectivity index (χ1n) is 7.96. The normalized spacial score (nSPS) is 11.0. The molecule has 2 aromatic rings. The van der Waals surface area contributed by atoms with Crippen LogP contribution in [0.15, 0.2) is 41.3 Å². The van der Waals surface area contributed by atoms with Gasteiger partial charge in [-0.05, 0) is 44.2 Å². The zero-order valence-electron chi connectivity index (χ0n) is 14.6. The summed E-state index contributed by atoms with van der Waals surface area (Å²) in [6.07, 6.45) is -0.805. The molecule has 0 aliphatic carbocycles. The lowest BCUT2D eigenvalue weighted by Gasteiger charge is -2.14. The van der Waals surface area contributed by atoms with Crippen molar-refractivity contribution in [1.29, 1.82) is 0 Å². The van der Waals surface area contributed by atoms with E-state index in [1.165, 1.54) is 12.1 Å². The van der Waals surface area contributed by atoms with Crippen LogP contribution in [0.5, 0.6) is 5.75 Å². The predicted molar refractivity (Wildman–Crippen MR) is 95.4 cm³/mol. The van der Waals surface area contributed by atoms with Crippen LogP contribution in [0.4, 0.5) is 25.0 Å². The van der Waals surface area contributed by atoms with E-state index in [0.717, 1.165) is 24.3 Å². The van der Waals surface area contributed by atoms with Gasteiger partial charge in [-0.1, -0.05) is 6.07 Å². The Morgan fingerprint density at radius 3 is 2.33 bits per heavy atom. The molecule has 0 saturated carbocycles. The third-order valence-corrected chi connectivity index (χ3v) is 4.62. The van der Waals surface area contributed by atoms with E-state index in [2.05, 4.69) is 5.32 Å². The summed E-state index contributed by atoms with van der Waals surface area (Å²) in [7, 11) is -4.34. The van der Waals surface area contributed by atoms with E-state index < -0.39 is 33.4 Å². The molecule has 0 radical (unpaired) electrons. The maximum atomic E-state index is 13.7. The molecule has 0 atom stereocenters. The Morgan fingerprint density at radius 2 is 1.74 bits per heavy atom. The Kier molecular flexibility index (Phi) is 6.56. The van der Waals surface area contributed by atoms with Crippen molar-refractivity contribution >= 4 is 27.5 Å². The van der Waals surface area contributed by atoms with E-state index >= 15 is 0 Å². The molecule has 0 unspecified atom stereocenters. The van der Waals surface area contributed by atoms with Crippen molar-refractivity contribution < 1.29 is 31.5 Å². The molecule has 0 heterocycles. The zero-order valence-corrected chi connectivity index (χ0v) is 15.4. The second kappa shape index (κ2) is 8.67. The number of carbonyl (C=O) groups is 1. The van der Waals surface area contributed by atoms with Crippen LogP contribution in [-0.4, -0.2) is 27.7 Å². The van der Waals surface area contributed by atoms with Gasteiger partial charge in [0, 0.05) is 0 Å². The lowest BCUT2D eigenvalue weighted by atomic mass is 10.3. The average Bonchev–Trinajstić information content (AvgIpc) is 2.60. The summed E-state index contributed by atoms with van der Waals surface area (Å²) in [5.74, 6) is -1.91. The molecule has 2 N–H and O–H groups in total. The van der Waals surface area contributed by atoms with E-state index in [1.54, 1.807) is 13.8 Å². The number of nitrogens with one attached hydrogen (secondary N) is 2. The minimum Gasteiger partial charge on any atom is -0.492 e. The second-order valence-corrected chi connectivity index (χ2v) is 6.82. The van der Waals surface area contributed by atoms with Crippen LogP contribution < -0.4 is 14.8 Å². The van der Waals surface area contributed by atoms with Gasteiger partial charge in [-0.25, -0.2) is 22.0 Å². The smallest absolute Gasteiger partial charge is 0.411 e. The Hall–Kier alpha value is -2.88. The van der Waals surface area contributed by atoms with E-state index in [9.17, 15) is 22.0 Å². The second-order valence-electron chi connectivity index (χ2n) is 5.14. The number of anilines is 2. The van der Waals surface area contributed by atoms with Crippen LogP contribution in [0.1, 0.15) is 13.8 Å². The van der Waals surface area contributed by atoms with Gasteiger partial charge in [0.25, 0.3) is 10.0 Å². The summed E-state index contributed by atoms with van der Waals surface area (Å²) in [5.41, 5.74) is -0.765. The SMILES string of the molecule is CCOC(=O)Nc1cc(S(=O)(=O)Nc2c(F)cccc2F)ccc1OCC. The highest BCUT2D eigenvalue weighted by Gasteiger charge is 2.21. The van der Waals surface area contributed by atoms with Crippen molar-refractivity contribution in [1.82, 2.24) is 0 Å². The van der Waals surface area contributed by atoms with Crippen molar-refractivity contribution in [3.05, 3.63) is 48.0 Å². The molecule has 7 nitrogen and oxygen atoms in total. The van der Waals surface area contributed by atoms with Gasteiger partial charge in [-0.15, -0.1) is 0 Å². The molecule has 0 fully saturated rings. The van der Waals surface area contributed by atoms with Gasteiger partial charge in [-0.3, -0.25) is 10.0 Å². The molecule has 1 amide bonds. The molecule has 0 spiro atoms. The van der Waals surface area contributed by atoms with Crippen molar-refractivity contribution in [2.24, 2.45) is 0 Å².